The Hall–Kier alpha value is -2.01. The van der Waals surface area contributed by atoms with Gasteiger partial charge in [-0.3, -0.25) is 38.7 Å². The number of nitrogens with zero attached hydrogens (tertiary/aromatic N) is 3. The minimum Gasteiger partial charge on any atom is -0.480 e. The summed E-state index contributed by atoms with van der Waals surface area (Å²) in [4.78, 5) is 64.2. The van der Waals surface area contributed by atoms with E-state index in [4.69, 9.17) is 47.4 Å². The fourth-order valence-corrected chi connectivity index (χ4v) is 12.9. The maximum absolute atomic E-state index is 13.9. The van der Waals surface area contributed by atoms with Crippen LogP contribution in [0.3, 0.4) is 0 Å². The van der Waals surface area contributed by atoms with Crippen LogP contribution in [0.15, 0.2) is 0 Å². The van der Waals surface area contributed by atoms with Crippen molar-refractivity contribution in [1.82, 2.24) is 14.7 Å². The third-order valence-electron chi connectivity index (χ3n) is 19.3. The van der Waals surface area contributed by atoms with Crippen LogP contribution in [0.4, 0.5) is 0 Å². The number of methoxy groups -OCH3 is 1. The molecule has 8 fully saturated rings. The Balaban J connectivity index is 0.0000112. The number of esters is 1. The number of fused-ring (bicyclic) bond motifs is 6. The molecule has 8 rings (SSSR count). The predicted octanol–water partition coefficient (Wildman–Crippen LogP) is -1.70. The first-order valence-corrected chi connectivity index (χ1v) is 25.7. The van der Waals surface area contributed by atoms with Gasteiger partial charge in [0.05, 0.1) is 83.2 Å². The second kappa shape index (κ2) is 22.2. The van der Waals surface area contributed by atoms with Crippen LogP contribution in [0.2, 0.25) is 0 Å². The Morgan fingerprint density at radius 1 is 0.500 bits per heavy atom. The molecule has 6 unspecified atom stereocenters. The predicted molar refractivity (Wildman–Crippen MR) is 261 cm³/mol. The maximum atomic E-state index is 13.9. The van der Waals surface area contributed by atoms with Crippen molar-refractivity contribution in [1.29, 1.82) is 0 Å². The van der Waals surface area contributed by atoms with E-state index in [-0.39, 0.29) is 106 Å². The smallest absolute Gasteiger partial charge is 0.320 e. The summed E-state index contributed by atoms with van der Waals surface area (Å²) in [6.07, 6.45) is -0.932. The molecule has 0 radical (unpaired) electrons. The number of aliphatic hydroxyl groups excluding tert-OH is 2. The van der Waals surface area contributed by atoms with Crippen molar-refractivity contribution < 1.29 is 157 Å². The van der Waals surface area contributed by atoms with Gasteiger partial charge in [0.1, 0.15) is 63.1 Å². The molecule has 0 amide bonds. The quantitative estimate of drug-likeness (QED) is 0.0362. The molecule has 9 N–H and O–H groups in total. The van der Waals surface area contributed by atoms with Gasteiger partial charge in [-0.15, -0.1) is 0 Å². The monoisotopic (exact) mass is 1270 g/mol. The van der Waals surface area contributed by atoms with Gasteiger partial charge in [0.25, 0.3) is 0 Å². The number of ether oxygens (including phenoxy) is 10. The summed E-state index contributed by atoms with van der Waals surface area (Å²) in [5.41, 5.74) is -17.2. The van der Waals surface area contributed by atoms with Crippen LogP contribution in [0, 0.1) is 50.8 Å². The zero-order valence-electron chi connectivity index (χ0n) is 46.9. The molecule has 8 aliphatic heterocycles. The number of hydrogen-bond acceptors (Lipinski definition) is 23. The van der Waals surface area contributed by atoms with Crippen molar-refractivity contribution in [2.45, 2.75) is 163 Å². The summed E-state index contributed by atoms with van der Waals surface area (Å²) in [6, 6.07) is 0. The van der Waals surface area contributed by atoms with Crippen molar-refractivity contribution in [3.63, 3.8) is 0 Å². The zero-order chi connectivity index (χ0) is 58.3. The largest absolute Gasteiger partial charge is 0.480 e. The molecule has 8 saturated heterocycles. The van der Waals surface area contributed by atoms with Gasteiger partial charge < -0.3 is 93.3 Å². The van der Waals surface area contributed by atoms with Crippen molar-refractivity contribution in [3.8, 4) is 0 Å². The Morgan fingerprint density at radius 3 is 1.31 bits per heavy atom. The Morgan fingerprint density at radius 2 is 0.885 bits per heavy atom. The Labute approximate surface area is 485 Å². The van der Waals surface area contributed by atoms with E-state index in [0.29, 0.717) is 0 Å². The van der Waals surface area contributed by atoms with E-state index in [1.54, 1.807) is 69.2 Å². The molecule has 0 saturated carbocycles. The Kier molecular flexibility index (Phi) is 19.0. The van der Waals surface area contributed by atoms with Crippen LogP contribution in [-0.4, -0.2) is 277 Å². The summed E-state index contributed by atoms with van der Waals surface area (Å²) in [7, 11) is 1.45. The first-order chi connectivity index (χ1) is 35.2. The summed E-state index contributed by atoms with van der Waals surface area (Å²) in [5.74, 6) is -11.3. The molecular formula is C50H83GdN3O24. The second-order valence-electron chi connectivity index (χ2n) is 23.9. The topological polar surface area (TPSA) is 369 Å². The number of carboxylic acid groups (broad SMARTS) is 4. The first-order valence-electron chi connectivity index (χ1n) is 25.7. The fourth-order valence-electron chi connectivity index (χ4n) is 12.9. The third kappa shape index (κ3) is 10.1. The average molecular weight is 1270 g/mol. The van der Waals surface area contributed by atoms with Crippen molar-refractivity contribution in [2.75, 3.05) is 112 Å². The molecule has 78 heavy (non-hydrogen) atoms. The van der Waals surface area contributed by atoms with Crippen molar-refractivity contribution in [2.24, 2.45) is 10.8 Å². The zero-order valence-corrected chi connectivity index (χ0v) is 49.2. The van der Waals surface area contributed by atoms with Gasteiger partial charge in [-0.1, -0.05) is 6.92 Å². The summed E-state index contributed by atoms with van der Waals surface area (Å²) in [6.45, 7) is 12.9. The van der Waals surface area contributed by atoms with Gasteiger partial charge in [0.2, 0.25) is 11.6 Å². The van der Waals surface area contributed by atoms with Crippen LogP contribution in [0.25, 0.3) is 0 Å². The molecule has 0 aromatic rings. The Bertz CT molecular complexity index is 2270. The molecule has 8 heterocycles. The summed E-state index contributed by atoms with van der Waals surface area (Å²) < 4.78 is 62.7. The van der Waals surface area contributed by atoms with Gasteiger partial charge in [-0.05, 0) is 76.2 Å². The fraction of sp³-hybridized carbons (Fsp3) is 0.900. The van der Waals surface area contributed by atoms with E-state index in [1.807, 2.05) is 0 Å². The van der Waals surface area contributed by atoms with Crippen LogP contribution < -0.4 is 0 Å². The van der Waals surface area contributed by atoms with E-state index in [9.17, 15) is 69.9 Å². The molecule has 0 aromatic carbocycles. The molecule has 0 aliphatic carbocycles. The van der Waals surface area contributed by atoms with E-state index in [0.717, 1.165) is 4.90 Å². The standard InChI is InChI=1S/C50H83N3O24.Gd/c1-14-48-36(64)42(7,75-48)43(8,65)40(5,72-48)28-70-26-38(3)47(12)45(10,67)41(6,29-69-25-37(2)46(11)44(9,66)39(4,27-68-13)73-49(37,24-54)76-46)74-50(38,77-47)30-71-35(63)23-53(22-34(61)62)18-16-51(19-31(55)56)15-17-52(20-32(57)58)21-33(59)60;/h36,54,64-67H,14-30H2,1-13H3,(H,55,56)(H,57,58)(H,59,60)(H,61,62);/t36-,37-,38-,39+,40+,41+,42+,43?,44?,45?,46+,47+,48?,49?,50?;/m0./s1. The molecule has 0 spiro atoms. The second-order valence-corrected chi connectivity index (χ2v) is 23.9. The summed E-state index contributed by atoms with van der Waals surface area (Å²) in [5, 5.41) is 96.9. The van der Waals surface area contributed by atoms with Crippen molar-refractivity contribution >= 4 is 29.8 Å². The average Bonchev–Trinajstić information content (AvgIpc) is 3.30. The number of carbonyl (C=O) groups is 5. The molecule has 28 heteroatoms. The van der Waals surface area contributed by atoms with E-state index >= 15 is 0 Å². The molecule has 8 aliphatic rings. The van der Waals surface area contributed by atoms with Crippen LogP contribution in [0.5, 0.6) is 0 Å². The number of aliphatic carboxylic acids is 4. The molecule has 450 valence electrons. The number of aliphatic hydroxyl groups is 5. The SMILES string of the molecule is CCC12O[C@](C)(COC[C@]3(C)C4(COC(=O)CN(CCN(CCN(CC(=O)O)CC(=O)O)CC(=O)O)CC(=O)O)O[C@](C)(COC[C@]5(C)C6(CO)O[C@](C)(COC)C(C)(O)[C@]5(C)O6)C(C)(O)[C@]3(C)O4)C(C)(O)[C@](C)(O1)[C@@H]2O.[Gd]. The number of rotatable bonds is 30. The van der Waals surface area contributed by atoms with Crippen molar-refractivity contribution in [3.05, 3.63) is 0 Å². The van der Waals surface area contributed by atoms with Gasteiger partial charge >= 0.3 is 29.8 Å². The normalized spacial score (nSPS) is 44.0. The number of carboxylic acids is 4. The third-order valence-corrected chi connectivity index (χ3v) is 19.3. The molecule has 15 atom stereocenters. The molecule has 27 nitrogen and oxygen atoms in total. The van der Waals surface area contributed by atoms with Gasteiger partial charge in [-0.2, -0.15) is 0 Å². The van der Waals surface area contributed by atoms with Gasteiger partial charge in [0, 0.05) is 79.7 Å². The molecule has 0 aromatic heterocycles. The first kappa shape index (κ1) is 66.8. The van der Waals surface area contributed by atoms with Crippen LogP contribution in [-0.2, 0) is 71.3 Å². The van der Waals surface area contributed by atoms with E-state index in [1.165, 1.54) is 30.8 Å². The molecular weight excluding hydrogens is 1180 g/mol. The van der Waals surface area contributed by atoms with Gasteiger partial charge in [-0.25, -0.2) is 0 Å². The summed E-state index contributed by atoms with van der Waals surface area (Å²) >= 11 is 0. The van der Waals surface area contributed by atoms with Crippen LogP contribution in [0.1, 0.15) is 89.5 Å². The van der Waals surface area contributed by atoms with E-state index < -0.39 is 160 Å². The van der Waals surface area contributed by atoms with E-state index in [2.05, 4.69) is 0 Å². The number of hydrogen-bond donors (Lipinski definition) is 9. The minimum atomic E-state index is -1.98. The molecule has 6 bridgehead atoms. The van der Waals surface area contributed by atoms with Gasteiger partial charge in [0.15, 0.2) is 5.79 Å². The number of carbonyl (C=O) groups excluding carboxylic acids is 1. The maximum Gasteiger partial charge on any atom is 0.320 e. The minimum absolute atomic E-state index is 0. The van der Waals surface area contributed by atoms with Crippen LogP contribution >= 0.6 is 0 Å².